The lowest BCUT2D eigenvalue weighted by Gasteiger charge is -2.28. The van der Waals surface area contributed by atoms with Gasteiger partial charge in [0.2, 0.25) is 0 Å². The third-order valence-electron chi connectivity index (χ3n) is 11.6. The van der Waals surface area contributed by atoms with Gasteiger partial charge in [0.1, 0.15) is 0 Å². The minimum absolute atomic E-state index is 1.11. The van der Waals surface area contributed by atoms with Crippen molar-refractivity contribution in [2.75, 3.05) is 4.90 Å². The number of anilines is 3. The van der Waals surface area contributed by atoms with E-state index in [1.54, 1.807) is 0 Å². The van der Waals surface area contributed by atoms with E-state index in [1.165, 1.54) is 88.3 Å². The zero-order chi connectivity index (χ0) is 37.7. The third-order valence-corrected chi connectivity index (χ3v) is 11.6. The molecule has 1 nitrogen and oxygen atoms in total. The van der Waals surface area contributed by atoms with Crippen molar-refractivity contribution in [3.63, 3.8) is 0 Å². The molecule has 0 spiro atoms. The summed E-state index contributed by atoms with van der Waals surface area (Å²) in [4.78, 5) is 2.38. The zero-order valence-electron chi connectivity index (χ0n) is 31.3. The van der Waals surface area contributed by atoms with E-state index in [0.29, 0.717) is 0 Å². The highest BCUT2D eigenvalue weighted by molar-refractivity contribution is 6.12. The molecule has 0 fully saturated rings. The Bertz CT molecular complexity index is 3060. The number of hydrogen-bond donors (Lipinski definition) is 0. The fourth-order valence-electron chi connectivity index (χ4n) is 8.53. The van der Waals surface area contributed by atoms with Crippen LogP contribution in [0, 0.1) is 0 Å². The lowest BCUT2D eigenvalue weighted by atomic mass is 9.77. The normalized spacial score (nSPS) is 11.5. The number of rotatable bonds is 7. The summed E-state index contributed by atoms with van der Waals surface area (Å²) in [5, 5.41) is 5.03. The van der Waals surface area contributed by atoms with Gasteiger partial charge in [0, 0.05) is 17.1 Å². The molecule has 0 aromatic heterocycles. The Balaban J connectivity index is 0.954. The summed E-state index contributed by atoms with van der Waals surface area (Å²) in [5.41, 5.74) is 18.4. The number of benzene rings is 10. The summed E-state index contributed by atoms with van der Waals surface area (Å²) in [5.74, 6) is 0. The van der Waals surface area contributed by atoms with Crippen LogP contribution >= 0.6 is 0 Å². The largest absolute Gasteiger partial charge is 0.310 e. The van der Waals surface area contributed by atoms with Gasteiger partial charge in [-0.25, -0.2) is 0 Å². The van der Waals surface area contributed by atoms with E-state index < -0.39 is 0 Å². The van der Waals surface area contributed by atoms with Crippen LogP contribution in [0.5, 0.6) is 0 Å². The highest BCUT2D eigenvalue weighted by Gasteiger charge is 2.24. The van der Waals surface area contributed by atoms with Crippen LogP contribution in [0.1, 0.15) is 0 Å². The topological polar surface area (TPSA) is 3.24 Å². The molecule has 0 atom stereocenters. The van der Waals surface area contributed by atoms with Crippen LogP contribution in [0.15, 0.2) is 224 Å². The predicted octanol–water partition coefficient (Wildman–Crippen LogP) is 15.8. The van der Waals surface area contributed by atoms with Gasteiger partial charge in [-0.15, -0.1) is 0 Å². The molecule has 0 radical (unpaired) electrons. The number of nitrogens with zero attached hydrogens (tertiary/aromatic N) is 1. The average molecular weight is 724 g/mol. The van der Waals surface area contributed by atoms with Gasteiger partial charge >= 0.3 is 0 Å². The second-order valence-electron chi connectivity index (χ2n) is 15.0. The van der Waals surface area contributed by atoms with E-state index in [1.807, 2.05) is 0 Å². The standard InChI is InChI=1S/C56H37N/c1-4-10-38(11-5-1)41-16-18-42(19-17-41)44-24-29-51(30-25-44)57(50-27-22-43(23-28-50)39-12-6-2-7-13-39)52-31-26-47-35-54-55-36-48-32-45(40-14-8-3-9-15-40)20-21-46(48)34-53(55)56(54)37-49(47)33-52/h1-37H. The van der Waals surface area contributed by atoms with Gasteiger partial charge in [0.15, 0.2) is 0 Å². The molecular formula is C56H37N. The van der Waals surface area contributed by atoms with Crippen LogP contribution in [0.2, 0.25) is 0 Å². The summed E-state index contributed by atoms with van der Waals surface area (Å²) >= 11 is 0. The van der Waals surface area contributed by atoms with Gasteiger partial charge in [0.05, 0.1) is 0 Å². The number of fused-ring (bicyclic) bond motifs is 6. The SMILES string of the molecule is c1ccc(-c2ccc(-c3ccc(N(c4ccc(-c5ccccc5)cc4)c4ccc5cc6c(cc5c4)-c4cc5ccc(-c7ccccc7)cc5cc4-6)cc3)cc2)cc1. The van der Waals surface area contributed by atoms with Crippen molar-refractivity contribution in [3.05, 3.63) is 224 Å². The first kappa shape index (κ1) is 32.9. The average Bonchev–Trinajstić information content (AvgIpc) is 3.29. The maximum atomic E-state index is 2.39. The van der Waals surface area contributed by atoms with Gasteiger partial charge in [-0.2, -0.15) is 0 Å². The number of hydrogen-bond acceptors (Lipinski definition) is 1. The molecule has 0 amide bonds. The molecule has 0 N–H and O–H groups in total. The van der Waals surface area contributed by atoms with Crippen LogP contribution in [-0.2, 0) is 0 Å². The van der Waals surface area contributed by atoms with Crippen molar-refractivity contribution in [2.45, 2.75) is 0 Å². The predicted molar refractivity (Wildman–Crippen MR) is 242 cm³/mol. The van der Waals surface area contributed by atoms with E-state index in [4.69, 9.17) is 0 Å². The van der Waals surface area contributed by atoms with Gasteiger partial charge in [-0.05, 0) is 155 Å². The van der Waals surface area contributed by atoms with E-state index in [9.17, 15) is 0 Å². The van der Waals surface area contributed by atoms with Crippen LogP contribution in [0.25, 0.3) is 88.3 Å². The van der Waals surface area contributed by atoms with Crippen molar-refractivity contribution in [1.29, 1.82) is 0 Å². The van der Waals surface area contributed by atoms with Gasteiger partial charge in [-0.3, -0.25) is 0 Å². The van der Waals surface area contributed by atoms with E-state index in [0.717, 1.165) is 17.1 Å². The maximum absolute atomic E-state index is 2.39. The Kier molecular flexibility index (Phi) is 7.89. The monoisotopic (exact) mass is 723 g/mol. The smallest absolute Gasteiger partial charge is 0.0468 e. The molecule has 10 aromatic rings. The Hall–Kier alpha value is -7.48. The Morgan fingerprint density at radius 1 is 0.193 bits per heavy atom. The summed E-state index contributed by atoms with van der Waals surface area (Å²) in [6.45, 7) is 0. The molecule has 1 aliphatic rings. The first-order chi connectivity index (χ1) is 28.2. The highest BCUT2D eigenvalue weighted by atomic mass is 15.1. The molecule has 0 unspecified atom stereocenters. The van der Waals surface area contributed by atoms with Crippen molar-refractivity contribution < 1.29 is 0 Å². The summed E-state index contributed by atoms with van der Waals surface area (Å²) in [7, 11) is 0. The third kappa shape index (κ3) is 5.98. The fourth-order valence-corrected chi connectivity index (χ4v) is 8.53. The van der Waals surface area contributed by atoms with Crippen LogP contribution < -0.4 is 4.90 Å². The van der Waals surface area contributed by atoms with Crippen molar-refractivity contribution in [2.24, 2.45) is 0 Å². The molecule has 0 saturated carbocycles. The van der Waals surface area contributed by atoms with Gasteiger partial charge in [0.25, 0.3) is 0 Å². The van der Waals surface area contributed by atoms with E-state index >= 15 is 0 Å². The summed E-state index contributed by atoms with van der Waals surface area (Å²) < 4.78 is 0. The zero-order valence-corrected chi connectivity index (χ0v) is 31.3. The first-order valence-electron chi connectivity index (χ1n) is 19.7. The Morgan fingerprint density at radius 3 is 0.930 bits per heavy atom. The first-order valence-corrected chi connectivity index (χ1v) is 19.7. The second-order valence-corrected chi connectivity index (χ2v) is 15.0. The maximum Gasteiger partial charge on any atom is 0.0468 e. The minimum Gasteiger partial charge on any atom is -0.310 e. The molecule has 0 heterocycles. The molecule has 57 heavy (non-hydrogen) atoms. The fraction of sp³-hybridized carbons (Fsp3) is 0. The summed E-state index contributed by atoms with van der Waals surface area (Å²) in [6, 6.07) is 81.8. The lowest BCUT2D eigenvalue weighted by molar-refractivity contribution is 1.29. The quantitative estimate of drug-likeness (QED) is 0.158. The molecule has 11 rings (SSSR count). The molecular weight excluding hydrogens is 687 g/mol. The van der Waals surface area contributed by atoms with E-state index in [-0.39, 0.29) is 0 Å². The molecule has 266 valence electrons. The van der Waals surface area contributed by atoms with Crippen LogP contribution in [-0.4, -0.2) is 0 Å². The van der Waals surface area contributed by atoms with Crippen LogP contribution in [0.3, 0.4) is 0 Å². The molecule has 0 saturated heterocycles. The van der Waals surface area contributed by atoms with Gasteiger partial charge in [-0.1, -0.05) is 158 Å². The van der Waals surface area contributed by atoms with Crippen molar-refractivity contribution in [3.8, 4) is 66.8 Å². The lowest BCUT2D eigenvalue weighted by Crippen LogP contribution is -2.10. The molecule has 1 aliphatic carbocycles. The molecule has 10 aromatic carbocycles. The summed E-state index contributed by atoms with van der Waals surface area (Å²) in [6.07, 6.45) is 0. The van der Waals surface area contributed by atoms with Crippen molar-refractivity contribution in [1.82, 2.24) is 0 Å². The Morgan fingerprint density at radius 2 is 0.491 bits per heavy atom. The van der Waals surface area contributed by atoms with E-state index in [2.05, 4.69) is 229 Å². The molecule has 0 bridgehead atoms. The van der Waals surface area contributed by atoms with Crippen molar-refractivity contribution >= 4 is 38.6 Å². The second kappa shape index (κ2) is 13.7. The Labute approximate surface area is 333 Å². The minimum atomic E-state index is 1.11. The molecule has 0 aliphatic heterocycles. The highest BCUT2D eigenvalue weighted by Crippen LogP contribution is 2.51. The molecule has 1 heteroatoms. The van der Waals surface area contributed by atoms with Crippen LogP contribution in [0.4, 0.5) is 17.1 Å². The van der Waals surface area contributed by atoms with Gasteiger partial charge < -0.3 is 4.90 Å².